The van der Waals surface area contributed by atoms with Crippen LogP contribution in [0.2, 0.25) is 0 Å². The highest BCUT2D eigenvalue weighted by molar-refractivity contribution is 5.84. The lowest BCUT2D eigenvalue weighted by Crippen LogP contribution is -2.22. The number of aromatic carboxylic acids is 1. The molecule has 1 heterocycles. The molecule has 0 unspecified atom stereocenters. The number of hydrogen-bond donors (Lipinski definition) is 1. The van der Waals surface area contributed by atoms with Crippen molar-refractivity contribution in [3.05, 3.63) is 18.1 Å². The molecule has 1 aromatic heterocycles. The molecule has 100 valence electrons. The van der Waals surface area contributed by atoms with Crippen LogP contribution in [0.3, 0.4) is 0 Å². The van der Waals surface area contributed by atoms with E-state index in [1.807, 2.05) is 25.8 Å². The molecule has 18 heavy (non-hydrogen) atoms. The third-order valence-electron chi connectivity index (χ3n) is 2.34. The maximum Gasteiger partial charge on any atom is 0.356 e. The van der Waals surface area contributed by atoms with Crippen LogP contribution in [0.5, 0.6) is 0 Å². The van der Waals surface area contributed by atoms with Crippen LogP contribution in [0.4, 0.5) is 5.82 Å². The summed E-state index contributed by atoms with van der Waals surface area (Å²) in [6.45, 7) is 5.48. The van der Waals surface area contributed by atoms with Crippen molar-refractivity contribution in [3.8, 4) is 0 Å². The molecule has 0 aliphatic heterocycles. The summed E-state index contributed by atoms with van der Waals surface area (Å²) < 4.78 is 5.44. The Hall–Kier alpha value is -1.69. The van der Waals surface area contributed by atoms with E-state index in [9.17, 15) is 4.79 Å². The van der Waals surface area contributed by atoms with Crippen molar-refractivity contribution in [2.75, 3.05) is 25.1 Å². The molecule has 6 heteroatoms. The Morgan fingerprint density at radius 1 is 1.44 bits per heavy atom. The average Bonchev–Trinajstić information content (AvgIpc) is 2.34. The Balaban J connectivity index is 2.41. The van der Waals surface area contributed by atoms with Gasteiger partial charge in [-0.2, -0.15) is 0 Å². The van der Waals surface area contributed by atoms with Gasteiger partial charge in [-0.25, -0.2) is 14.8 Å². The van der Waals surface area contributed by atoms with E-state index in [2.05, 4.69) is 9.97 Å². The lowest BCUT2D eigenvalue weighted by Gasteiger charge is -2.18. The predicted octanol–water partition coefficient (Wildman–Crippen LogP) is 1.43. The minimum absolute atomic E-state index is 0.0460. The van der Waals surface area contributed by atoms with E-state index in [-0.39, 0.29) is 11.8 Å². The molecule has 0 atom stereocenters. The summed E-state index contributed by atoms with van der Waals surface area (Å²) in [5, 5.41) is 8.71. The first kappa shape index (κ1) is 14.4. The Morgan fingerprint density at radius 3 is 2.67 bits per heavy atom. The van der Waals surface area contributed by atoms with Crippen LogP contribution in [-0.4, -0.2) is 47.3 Å². The molecular weight excluding hydrogens is 234 g/mol. The lowest BCUT2D eigenvalue weighted by atomic mass is 10.4. The monoisotopic (exact) mass is 253 g/mol. The third kappa shape index (κ3) is 4.67. The van der Waals surface area contributed by atoms with Crippen molar-refractivity contribution in [2.45, 2.75) is 26.4 Å². The Labute approximate surface area is 107 Å². The topological polar surface area (TPSA) is 75.5 Å². The fraction of sp³-hybridized carbons (Fsp3) is 0.583. The van der Waals surface area contributed by atoms with Gasteiger partial charge in [0.25, 0.3) is 0 Å². The first-order chi connectivity index (χ1) is 8.50. The quantitative estimate of drug-likeness (QED) is 0.741. The molecule has 1 N–H and O–H groups in total. The second-order valence-electron chi connectivity index (χ2n) is 4.26. The largest absolute Gasteiger partial charge is 0.476 e. The van der Waals surface area contributed by atoms with E-state index in [4.69, 9.17) is 9.84 Å². The molecule has 0 saturated carbocycles. The van der Waals surface area contributed by atoms with Crippen molar-refractivity contribution in [1.29, 1.82) is 0 Å². The molecule has 0 spiro atoms. The number of anilines is 1. The summed E-state index contributed by atoms with van der Waals surface area (Å²) in [5.41, 5.74) is -0.0460. The zero-order chi connectivity index (χ0) is 13.5. The molecule has 0 aromatic carbocycles. The SMILES string of the molecule is CC(C)OCCCN(C)c1cnc(C(=O)O)cn1. The Bertz CT molecular complexity index is 379. The van der Waals surface area contributed by atoms with Gasteiger partial charge < -0.3 is 14.7 Å². The van der Waals surface area contributed by atoms with Gasteiger partial charge in [-0.3, -0.25) is 0 Å². The molecule has 1 rings (SSSR count). The predicted molar refractivity (Wildman–Crippen MR) is 68.0 cm³/mol. The molecule has 0 amide bonds. The maximum atomic E-state index is 10.6. The highest BCUT2D eigenvalue weighted by Gasteiger charge is 2.07. The summed E-state index contributed by atoms with van der Waals surface area (Å²) in [4.78, 5) is 20.4. The van der Waals surface area contributed by atoms with E-state index >= 15 is 0 Å². The maximum absolute atomic E-state index is 10.6. The number of carboxylic acids is 1. The molecule has 0 aliphatic carbocycles. The van der Waals surface area contributed by atoms with Gasteiger partial charge >= 0.3 is 5.97 Å². The summed E-state index contributed by atoms with van der Waals surface area (Å²) >= 11 is 0. The molecule has 0 fully saturated rings. The van der Waals surface area contributed by atoms with Crippen LogP contribution in [0, 0.1) is 0 Å². The standard InChI is InChI=1S/C12H19N3O3/c1-9(2)18-6-4-5-15(3)11-8-13-10(7-14-11)12(16)17/h7-9H,4-6H2,1-3H3,(H,16,17). The average molecular weight is 253 g/mol. The summed E-state index contributed by atoms with van der Waals surface area (Å²) in [7, 11) is 1.89. The van der Waals surface area contributed by atoms with Gasteiger partial charge in [-0.1, -0.05) is 0 Å². The summed E-state index contributed by atoms with van der Waals surface area (Å²) in [6, 6.07) is 0. The van der Waals surface area contributed by atoms with Gasteiger partial charge in [0.05, 0.1) is 18.5 Å². The van der Waals surface area contributed by atoms with Crippen LogP contribution in [0.25, 0.3) is 0 Å². The van der Waals surface area contributed by atoms with Crippen LogP contribution in [0.15, 0.2) is 12.4 Å². The van der Waals surface area contributed by atoms with Crippen molar-refractivity contribution < 1.29 is 14.6 Å². The van der Waals surface area contributed by atoms with E-state index in [1.165, 1.54) is 12.4 Å². The fourth-order valence-corrected chi connectivity index (χ4v) is 1.36. The third-order valence-corrected chi connectivity index (χ3v) is 2.34. The minimum Gasteiger partial charge on any atom is -0.476 e. The Kier molecular flexibility index (Phi) is 5.51. The van der Waals surface area contributed by atoms with Gasteiger partial charge in [0, 0.05) is 20.2 Å². The smallest absolute Gasteiger partial charge is 0.356 e. The van der Waals surface area contributed by atoms with Gasteiger partial charge in [0.15, 0.2) is 5.69 Å². The second kappa shape index (κ2) is 6.90. The number of aromatic nitrogens is 2. The van der Waals surface area contributed by atoms with Crippen LogP contribution in [-0.2, 0) is 4.74 Å². The lowest BCUT2D eigenvalue weighted by molar-refractivity contribution is 0.0690. The van der Waals surface area contributed by atoms with Gasteiger partial charge in [-0.05, 0) is 20.3 Å². The van der Waals surface area contributed by atoms with E-state index in [0.717, 1.165) is 13.0 Å². The van der Waals surface area contributed by atoms with Gasteiger partial charge in [0.2, 0.25) is 0 Å². The van der Waals surface area contributed by atoms with Crippen molar-refractivity contribution >= 4 is 11.8 Å². The number of nitrogens with zero attached hydrogens (tertiary/aromatic N) is 3. The summed E-state index contributed by atoms with van der Waals surface area (Å²) in [6.07, 6.45) is 3.85. The zero-order valence-corrected chi connectivity index (χ0v) is 11.0. The van der Waals surface area contributed by atoms with Crippen molar-refractivity contribution in [2.24, 2.45) is 0 Å². The normalized spacial score (nSPS) is 10.7. The zero-order valence-electron chi connectivity index (χ0n) is 11.0. The molecule has 0 bridgehead atoms. The van der Waals surface area contributed by atoms with E-state index < -0.39 is 5.97 Å². The van der Waals surface area contributed by atoms with Crippen LogP contribution < -0.4 is 4.90 Å². The molecule has 6 nitrogen and oxygen atoms in total. The molecule has 0 radical (unpaired) electrons. The van der Waals surface area contributed by atoms with Crippen LogP contribution in [0.1, 0.15) is 30.8 Å². The molecule has 0 aliphatic rings. The number of rotatable bonds is 7. The fourth-order valence-electron chi connectivity index (χ4n) is 1.36. The highest BCUT2D eigenvalue weighted by atomic mass is 16.5. The molecule has 1 aromatic rings. The summed E-state index contributed by atoms with van der Waals surface area (Å²) in [5.74, 6) is -0.411. The van der Waals surface area contributed by atoms with Crippen molar-refractivity contribution in [1.82, 2.24) is 9.97 Å². The van der Waals surface area contributed by atoms with Gasteiger partial charge in [-0.15, -0.1) is 0 Å². The number of hydrogen-bond acceptors (Lipinski definition) is 5. The Morgan fingerprint density at radius 2 is 2.17 bits per heavy atom. The first-order valence-corrected chi connectivity index (χ1v) is 5.88. The molecular formula is C12H19N3O3. The number of ether oxygens (including phenoxy) is 1. The molecule has 0 saturated heterocycles. The van der Waals surface area contributed by atoms with E-state index in [1.54, 1.807) is 0 Å². The highest BCUT2D eigenvalue weighted by Crippen LogP contribution is 2.07. The number of carbonyl (C=O) groups is 1. The number of carboxylic acid groups (broad SMARTS) is 1. The minimum atomic E-state index is -1.07. The van der Waals surface area contributed by atoms with Gasteiger partial charge in [0.1, 0.15) is 5.82 Å². The first-order valence-electron chi connectivity index (χ1n) is 5.88. The van der Waals surface area contributed by atoms with Crippen LogP contribution >= 0.6 is 0 Å². The van der Waals surface area contributed by atoms with E-state index in [0.29, 0.717) is 12.4 Å². The second-order valence-corrected chi connectivity index (χ2v) is 4.26. The van der Waals surface area contributed by atoms with Crippen molar-refractivity contribution in [3.63, 3.8) is 0 Å².